The number of likely N-dealkylation sites (tertiary alicyclic amines) is 1. The number of esters is 1. The fourth-order valence-electron chi connectivity index (χ4n) is 3.42. The third kappa shape index (κ3) is 4.07. The Labute approximate surface area is 134 Å². The maximum atomic E-state index is 12.0. The summed E-state index contributed by atoms with van der Waals surface area (Å²) in [5.41, 5.74) is -0.625. The van der Waals surface area contributed by atoms with E-state index in [9.17, 15) is 9.59 Å². The average Bonchev–Trinajstić information content (AvgIpc) is 2.54. The number of carbonyl (C=O) groups excluding carboxylic acids is 2. The lowest BCUT2D eigenvalue weighted by Crippen LogP contribution is -2.52. The normalized spacial score (nSPS) is 22.7. The second-order valence-corrected chi connectivity index (χ2v) is 6.31. The van der Waals surface area contributed by atoms with E-state index >= 15 is 0 Å². The van der Waals surface area contributed by atoms with Gasteiger partial charge >= 0.3 is 5.97 Å². The molecule has 1 aliphatic heterocycles. The molecule has 0 spiro atoms. The first kappa shape index (κ1) is 19.1. The van der Waals surface area contributed by atoms with Gasteiger partial charge in [-0.2, -0.15) is 0 Å². The largest absolute Gasteiger partial charge is 0.469 e. The van der Waals surface area contributed by atoms with Crippen LogP contribution in [-0.4, -0.2) is 57.6 Å². The molecule has 0 aromatic carbocycles. The molecule has 0 unspecified atom stereocenters. The van der Waals surface area contributed by atoms with E-state index in [4.69, 9.17) is 9.47 Å². The minimum atomic E-state index is -0.330. The maximum absolute atomic E-state index is 12.0. The van der Waals surface area contributed by atoms with Gasteiger partial charge in [-0.3, -0.25) is 4.79 Å². The third-order valence-corrected chi connectivity index (χ3v) is 4.99. The van der Waals surface area contributed by atoms with E-state index in [0.29, 0.717) is 6.61 Å². The number of methoxy groups -OCH3 is 2. The zero-order valence-corrected chi connectivity index (χ0v) is 14.5. The third-order valence-electron chi connectivity index (χ3n) is 4.99. The molecule has 0 radical (unpaired) electrons. The van der Waals surface area contributed by atoms with E-state index in [0.717, 1.165) is 58.0 Å². The molecular weight excluding hydrogens is 282 g/mol. The molecule has 0 bridgehead atoms. The molecular formula is C17H31NO4. The van der Waals surface area contributed by atoms with Crippen molar-refractivity contribution >= 4 is 12.3 Å². The van der Waals surface area contributed by atoms with Gasteiger partial charge in [0.15, 0.2) is 0 Å². The molecule has 0 aromatic rings. The van der Waals surface area contributed by atoms with Crippen LogP contribution in [0.3, 0.4) is 0 Å². The molecule has 128 valence electrons. The molecule has 1 heterocycles. The van der Waals surface area contributed by atoms with Crippen molar-refractivity contribution < 1.29 is 19.1 Å². The lowest BCUT2D eigenvalue weighted by Gasteiger charge is -2.45. The smallest absolute Gasteiger partial charge is 0.313 e. The minimum absolute atomic E-state index is 0.0761. The molecule has 2 aliphatic rings. The Morgan fingerprint density at radius 3 is 2.09 bits per heavy atom. The number of hydrogen-bond acceptors (Lipinski definition) is 5. The summed E-state index contributed by atoms with van der Waals surface area (Å²) in [6, 6.07) is 0. The number of nitrogens with zero attached hydrogens (tertiary/aromatic N) is 1. The fourth-order valence-corrected chi connectivity index (χ4v) is 3.42. The van der Waals surface area contributed by atoms with Crippen molar-refractivity contribution in [2.75, 3.05) is 40.5 Å². The first-order chi connectivity index (χ1) is 10.6. The molecule has 5 heteroatoms. The maximum Gasteiger partial charge on any atom is 0.313 e. The topological polar surface area (TPSA) is 55.8 Å². The lowest BCUT2D eigenvalue weighted by molar-refractivity contribution is -0.161. The highest BCUT2D eigenvalue weighted by Crippen LogP contribution is 2.43. The van der Waals surface area contributed by atoms with Gasteiger partial charge in [0.05, 0.1) is 24.5 Å². The Bertz CT molecular complexity index is 358. The standard InChI is InChI=1S/C15H25NO4.C2H6/c1-19-12-14(11-17)6-8-16(9-7-14)10-15(4-3-5-15)13(18)20-2;1-2/h11H,3-10,12H2,1-2H3;1-2H3. The van der Waals surface area contributed by atoms with E-state index in [-0.39, 0.29) is 16.8 Å². The van der Waals surface area contributed by atoms with Crippen molar-refractivity contribution in [1.29, 1.82) is 0 Å². The van der Waals surface area contributed by atoms with Crippen molar-refractivity contribution in [3.63, 3.8) is 0 Å². The summed E-state index contributed by atoms with van der Waals surface area (Å²) in [6.07, 6.45) is 5.61. The highest BCUT2D eigenvalue weighted by molar-refractivity contribution is 5.78. The van der Waals surface area contributed by atoms with Crippen LogP contribution in [0.25, 0.3) is 0 Å². The highest BCUT2D eigenvalue weighted by Gasteiger charge is 2.47. The van der Waals surface area contributed by atoms with Crippen LogP contribution in [-0.2, 0) is 19.1 Å². The predicted octanol–water partition coefficient (Wildman–Crippen LogP) is 2.28. The van der Waals surface area contributed by atoms with E-state index < -0.39 is 0 Å². The quantitative estimate of drug-likeness (QED) is 0.556. The number of ether oxygens (including phenoxy) is 2. The van der Waals surface area contributed by atoms with Crippen LogP contribution >= 0.6 is 0 Å². The average molecular weight is 313 g/mol. The summed E-state index contributed by atoms with van der Waals surface area (Å²) < 4.78 is 10.1. The summed E-state index contributed by atoms with van der Waals surface area (Å²) >= 11 is 0. The Hall–Kier alpha value is -0.940. The van der Waals surface area contributed by atoms with Gasteiger partial charge in [0, 0.05) is 13.7 Å². The molecule has 0 N–H and O–H groups in total. The summed E-state index contributed by atoms with van der Waals surface area (Å²) in [4.78, 5) is 25.6. The van der Waals surface area contributed by atoms with Crippen LogP contribution in [0.15, 0.2) is 0 Å². The van der Waals surface area contributed by atoms with Crippen molar-refractivity contribution in [3.05, 3.63) is 0 Å². The zero-order chi connectivity index (χ0) is 16.6. The second-order valence-electron chi connectivity index (χ2n) is 6.31. The van der Waals surface area contributed by atoms with Gasteiger partial charge < -0.3 is 19.2 Å². The van der Waals surface area contributed by atoms with Gasteiger partial charge in [-0.25, -0.2) is 0 Å². The van der Waals surface area contributed by atoms with Crippen LogP contribution in [0.5, 0.6) is 0 Å². The first-order valence-electron chi connectivity index (χ1n) is 8.36. The molecule has 5 nitrogen and oxygen atoms in total. The van der Waals surface area contributed by atoms with Gasteiger partial charge in [-0.1, -0.05) is 20.3 Å². The lowest BCUT2D eigenvalue weighted by atomic mass is 9.68. The number of piperidine rings is 1. The molecule has 2 fully saturated rings. The van der Waals surface area contributed by atoms with Gasteiger partial charge in [0.25, 0.3) is 0 Å². The fraction of sp³-hybridized carbons (Fsp3) is 0.882. The van der Waals surface area contributed by atoms with Crippen LogP contribution in [0.1, 0.15) is 46.0 Å². The van der Waals surface area contributed by atoms with Crippen molar-refractivity contribution in [2.24, 2.45) is 10.8 Å². The summed E-state index contributed by atoms with van der Waals surface area (Å²) in [6.45, 7) is 6.95. The van der Waals surface area contributed by atoms with Crippen LogP contribution in [0.4, 0.5) is 0 Å². The number of hydrogen-bond donors (Lipinski definition) is 0. The van der Waals surface area contributed by atoms with E-state index in [2.05, 4.69) is 4.90 Å². The van der Waals surface area contributed by atoms with Crippen molar-refractivity contribution in [2.45, 2.75) is 46.0 Å². The van der Waals surface area contributed by atoms with E-state index in [1.807, 2.05) is 13.8 Å². The number of aldehydes is 1. The number of rotatable bonds is 6. The van der Waals surface area contributed by atoms with Gasteiger partial charge in [-0.15, -0.1) is 0 Å². The van der Waals surface area contributed by atoms with Crippen LogP contribution in [0, 0.1) is 10.8 Å². The Kier molecular flexibility index (Phi) is 7.49. The molecule has 22 heavy (non-hydrogen) atoms. The summed E-state index contributed by atoms with van der Waals surface area (Å²) in [7, 11) is 3.10. The molecule has 1 saturated heterocycles. The van der Waals surface area contributed by atoms with E-state index in [1.165, 1.54) is 7.11 Å². The molecule has 2 rings (SSSR count). The SMILES string of the molecule is CC.COCC1(C=O)CCN(CC2(C(=O)OC)CCC2)CC1. The first-order valence-corrected chi connectivity index (χ1v) is 8.36. The van der Waals surface area contributed by atoms with Crippen molar-refractivity contribution in [1.82, 2.24) is 4.90 Å². The minimum Gasteiger partial charge on any atom is -0.469 e. The molecule has 1 aliphatic carbocycles. The summed E-state index contributed by atoms with van der Waals surface area (Å²) in [5, 5.41) is 0. The highest BCUT2D eigenvalue weighted by atomic mass is 16.5. The van der Waals surface area contributed by atoms with E-state index in [1.54, 1.807) is 7.11 Å². The Morgan fingerprint density at radius 2 is 1.73 bits per heavy atom. The molecule has 0 atom stereocenters. The number of carbonyl (C=O) groups is 2. The van der Waals surface area contributed by atoms with Gasteiger partial charge in [0.1, 0.15) is 6.29 Å². The monoisotopic (exact) mass is 313 g/mol. The van der Waals surface area contributed by atoms with Crippen molar-refractivity contribution in [3.8, 4) is 0 Å². The van der Waals surface area contributed by atoms with Crippen LogP contribution < -0.4 is 0 Å². The van der Waals surface area contributed by atoms with Crippen LogP contribution in [0.2, 0.25) is 0 Å². The summed E-state index contributed by atoms with van der Waals surface area (Å²) in [5.74, 6) is -0.0761. The second kappa shape index (κ2) is 8.63. The zero-order valence-electron chi connectivity index (χ0n) is 14.5. The Balaban J connectivity index is 0.00000116. The van der Waals surface area contributed by atoms with Gasteiger partial charge in [-0.05, 0) is 38.8 Å². The molecule has 1 saturated carbocycles. The predicted molar refractivity (Wildman–Crippen MR) is 85.7 cm³/mol. The van der Waals surface area contributed by atoms with Gasteiger partial charge in [0.2, 0.25) is 0 Å². The molecule has 0 aromatic heterocycles. The Morgan fingerprint density at radius 1 is 1.14 bits per heavy atom. The molecule has 0 amide bonds.